The van der Waals surface area contributed by atoms with Crippen LogP contribution in [0.5, 0.6) is 5.75 Å². The molecule has 0 saturated carbocycles. The van der Waals surface area contributed by atoms with Gasteiger partial charge in [0.15, 0.2) is 6.73 Å². The zero-order valence-electron chi connectivity index (χ0n) is 23.3. The maximum atomic E-state index is 12.6. The minimum absolute atomic E-state index is 0.0338. The molecule has 0 radical (unpaired) electrons. The summed E-state index contributed by atoms with van der Waals surface area (Å²) in [5.74, 6) is 0.386. The molecule has 1 fully saturated rings. The summed E-state index contributed by atoms with van der Waals surface area (Å²) in [6.45, 7) is 11.3. The first-order valence-corrected chi connectivity index (χ1v) is 14.8. The normalized spacial score (nSPS) is 16.4. The highest BCUT2D eigenvalue weighted by Gasteiger charge is 2.28. The third kappa shape index (κ3) is 6.56. The largest absolute Gasteiger partial charge is 0.494 e. The average molecular weight is 550 g/mol. The van der Waals surface area contributed by atoms with Gasteiger partial charge in [0.1, 0.15) is 5.75 Å². The Bertz CT molecular complexity index is 1310. The molecule has 0 unspecified atom stereocenters. The van der Waals surface area contributed by atoms with E-state index in [0.29, 0.717) is 19.4 Å². The van der Waals surface area contributed by atoms with Crippen LogP contribution in [-0.2, 0) is 20.7 Å². The van der Waals surface area contributed by atoms with E-state index in [4.69, 9.17) is 9.47 Å². The highest BCUT2D eigenvalue weighted by atomic mass is 32.1. The van der Waals surface area contributed by atoms with Crippen LogP contribution in [-0.4, -0.2) is 62.8 Å². The molecule has 0 spiro atoms. The number of hydrogen-bond donors (Lipinski definition) is 0. The summed E-state index contributed by atoms with van der Waals surface area (Å²) < 4.78 is 12.9. The number of benzene rings is 2. The van der Waals surface area contributed by atoms with E-state index in [9.17, 15) is 9.59 Å². The van der Waals surface area contributed by atoms with E-state index in [2.05, 4.69) is 39.4 Å². The number of fused-ring (bicyclic) bond motifs is 2. The van der Waals surface area contributed by atoms with Gasteiger partial charge >= 0.3 is 5.97 Å². The van der Waals surface area contributed by atoms with Crippen molar-refractivity contribution in [3.8, 4) is 5.75 Å². The van der Waals surface area contributed by atoms with Gasteiger partial charge in [0.25, 0.3) is 0 Å². The molecule has 39 heavy (non-hydrogen) atoms. The van der Waals surface area contributed by atoms with Crippen LogP contribution in [0.1, 0.15) is 45.6 Å². The van der Waals surface area contributed by atoms with Gasteiger partial charge in [-0.1, -0.05) is 12.1 Å². The predicted molar refractivity (Wildman–Crippen MR) is 158 cm³/mol. The van der Waals surface area contributed by atoms with Crippen molar-refractivity contribution in [2.45, 2.75) is 46.5 Å². The molecule has 0 bridgehead atoms. The highest BCUT2D eigenvalue weighted by Crippen LogP contribution is 2.33. The van der Waals surface area contributed by atoms with Gasteiger partial charge in [-0.05, 0) is 81.8 Å². The number of unbranched alkanes of at least 4 members (excludes halogenated alkanes) is 1. The van der Waals surface area contributed by atoms with Crippen molar-refractivity contribution >= 4 is 44.7 Å². The Hall–Kier alpha value is -3.10. The standard InChI is InChI=1S/C31H39N3O4S/c1-31(2,3)30(36)38-22-34-27-21-24(11-9-23(27)10-12-29(34)35)37-19-5-4-14-32-15-17-33(18-16-32)26-7-6-8-28-25(26)13-20-39-28/h6-9,11,13,20-21H,4-5,10,12,14-19,22H2,1-3H3. The van der Waals surface area contributed by atoms with E-state index < -0.39 is 5.41 Å². The zero-order chi connectivity index (χ0) is 27.4. The summed E-state index contributed by atoms with van der Waals surface area (Å²) in [7, 11) is 0. The lowest BCUT2D eigenvalue weighted by Gasteiger charge is -2.36. The smallest absolute Gasteiger partial charge is 0.312 e. The average Bonchev–Trinajstić information content (AvgIpc) is 3.41. The van der Waals surface area contributed by atoms with E-state index in [0.717, 1.165) is 62.6 Å². The number of piperazine rings is 1. The molecule has 0 aliphatic carbocycles. The van der Waals surface area contributed by atoms with Gasteiger partial charge in [0, 0.05) is 54.4 Å². The maximum Gasteiger partial charge on any atom is 0.312 e. The van der Waals surface area contributed by atoms with Crippen LogP contribution in [0.15, 0.2) is 47.8 Å². The minimum atomic E-state index is -0.612. The van der Waals surface area contributed by atoms with Gasteiger partial charge in [-0.25, -0.2) is 0 Å². The van der Waals surface area contributed by atoms with Crippen LogP contribution in [0.4, 0.5) is 11.4 Å². The maximum absolute atomic E-state index is 12.6. The molecule has 1 saturated heterocycles. The fourth-order valence-corrected chi connectivity index (χ4v) is 5.99. The number of nitrogens with zero attached hydrogens (tertiary/aromatic N) is 3. The van der Waals surface area contributed by atoms with Crippen LogP contribution >= 0.6 is 11.3 Å². The second-order valence-corrected chi connectivity index (χ2v) is 12.4. The van der Waals surface area contributed by atoms with Gasteiger partial charge < -0.3 is 14.4 Å². The molecule has 3 aromatic rings. The fraction of sp³-hybridized carbons (Fsp3) is 0.484. The summed E-state index contributed by atoms with van der Waals surface area (Å²) >= 11 is 1.81. The molecule has 2 aliphatic rings. The van der Waals surface area contributed by atoms with Crippen molar-refractivity contribution in [1.29, 1.82) is 0 Å². The molecule has 3 heterocycles. The van der Waals surface area contributed by atoms with Crippen molar-refractivity contribution in [2.24, 2.45) is 5.41 Å². The third-order valence-electron chi connectivity index (χ3n) is 7.52. The number of rotatable bonds is 9. The van der Waals surface area contributed by atoms with E-state index in [1.165, 1.54) is 15.8 Å². The van der Waals surface area contributed by atoms with Crippen molar-refractivity contribution in [2.75, 3.05) is 55.9 Å². The summed E-state index contributed by atoms with van der Waals surface area (Å²) in [6.07, 6.45) is 3.15. The molecule has 1 amide bonds. The SMILES string of the molecule is CC(C)(C)C(=O)OCN1C(=O)CCc2ccc(OCCCCN3CCN(c4cccc5sccc45)CC3)cc21. The minimum Gasteiger partial charge on any atom is -0.494 e. The van der Waals surface area contributed by atoms with Gasteiger partial charge in [-0.15, -0.1) is 11.3 Å². The Balaban J connectivity index is 1.06. The van der Waals surface area contributed by atoms with E-state index in [-0.39, 0.29) is 18.6 Å². The first kappa shape index (κ1) is 27.5. The van der Waals surface area contributed by atoms with Crippen LogP contribution in [0, 0.1) is 5.41 Å². The van der Waals surface area contributed by atoms with Gasteiger partial charge in [0.05, 0.1) is 17.7 Å². The summed E-state index contributed by atoms with van der Waals surface area (Å²) in [6, 6.07) is 14.8. The first-order valence-electron chi connectivity index (χ1n) is 14.0. The number of esters is 1. The van der Waals surface area contributed by atoms with Crippen molar-refractivity contribution in [3.05, 3.63) is 53.4 Å². The molecule has 5 rings (SSSR count). The van der Waals surface area contributed by atoms with Crippen molar-refractivity contribution in [3.63, 3.8) is 0 Å². The van der Waals surface area contributed by atoms with Crippen molar-refractivity contribution in [1.82, 2.24) is 4.90 Å². The number of amides is 1. The van der Waals surface area contributed by atoms with E-state index >= 15 is 0 Å². The van der Waals surface area contributed by atoms with Gasteiger partial charge in [-0.2, -0.15) is 0 Å². The van der Waals surface area contributed by atoms with Gasteiger partial charge in [0.2, 0.25) is 5.91 Å². The molecule has 1 aromatic heterocycles. The van der Waals surface area contributed by atoms with Crippen LogP contribution in [0.3, 0.4) is 0 Å². The molecular weight excluding hydrogens is 510 g/mol. The second kappa shape index (κ2) is 12.0. The Kier molecular flexibility index (Phi) is 8.43. The molecule has 2 aromatic carbocycles. The molecule has 2 aliphatic heterocycles. The van der Waals surface area contributed by atoms with E-state index in [1.807, 2.05) is 18.2 Å². The number of hydrogen-bond acceptors (Lipinski definition) is 7. The van der Waals surface area contributed by atoms with E-state index in [1.54, 1.807) is 37.0 Å². The summed E-state index contributed by atoms with van der Waals surface area (Å²) in [4.78, 5) is 31.5. The summed E-state index contributed by atoms with van der Waals surface area (Å²) in [5.41, 5.74) is 2.60. The fourth-order valence-electron chi connectivity index (χ4n) is 5.18. The zero-order valence-corrected chi connectivity index (χ0v) is 24.1. The molecule has 0 N–H and O–H groups in total. The molecule has 7 nitrogen and oxygen atoms in total. The lowest BCUT2D eigenvalue weighted by molar-refractivity contribution is -0.153. The number of ether oxygens (including phenoxy) is 2. The van der Waals surface area contributed by atoms with Crippen LogP contribution in [0.2, 0.25) is 0 Å². The number of carbonyl (C=O) groups excluding carboxylic acids is 2. The predicted octanol–water partition coefficient (Wildman–Crippen LogP) is 5.71. The Morgan fingerprint density at radius 3 is 2.59 bits per heavy atom. The summed E-state index contributed by atoms with van der Waals surface area (Å²) in [5, 5.41) is 3.55. The number of aryl methyl sites for hydroxylation is 1. The number of anilines is 2. The molecule has 0 atom stereocenters. The topological polar surface area (TPSA) is 62.3 Å². The molecule has 208 valence electrons. The van der Waals surface area contributed by atoms with Crippen LogP contribution in [0.25, 0.3) is 10.1 Å². The lowest BCUT2D eigenvalue weighted by Crippen LogP contribution is -2.46. The highest BCUT2D eigenvalue weighted by molar-refractivity contribution is 7.17. The second-order valence-electron chi connectivity index (χ2n) is 11.4. The van der Waals surface area contributed by atoms with Crippen LogP contribution < -0.4 is 14.5 Å². The Morgan fingerprint density at radius 2 is 1.79 bits per heavy atom. The molecular formula is C31H39N3O4S. The number of thiophene rings is 1. The Morgan fingerprint density at radius 1 is 0.974 bits per heavy atom. The lowest BCUT2D eigenvalue weighted by atomic mass is 9.97. The first-order chi connectivity index (χ1) is 18.8. The molecule has 8 heteroatoms. The quantitative estimate of drug-likeness (QED) is 0.252. The number of carbonyl (C=O) groups is 2. The van der Waals surface area contributed by atoms with Crippen molar-refractivity contribution < 1.29 is 19.1 Å². The Labute approximate surface area is 235 Å². The third-order valence-corrected chi connectivity index (χ3v) is 8.40. The monoisotopic (exact) mass is 549 g/mol. The van der Waals surface area contributed by atoms with Gasteiger partial charge in [-0.3, -0.25) is 19.4 Å².